The van der Waals surface area contributed by atoms with Crippen LogP contribution in [0.5, 0.6) is 0 Å². The molecular formula is C36H73K2NO4. The zero-order chi connectivity index (χ0) is 29.8. The van der Waals surface area contributed by atoms with E-state index in [1.807, 2.05) is 0 Å². The third-order valence-corrected chi connectivity index (χ3v) is 7.97. The third-order valence-electron chi connectivity index (χ3n) is 7.97. The molecule has 43 heavy (non-hydrogen) atoms. The largest absolute Gasteiger partial charge is 1.00 e. The van der Waals surface area contributed by atoms with Crippen molar-refractivity contribution < 1.29 is 123 Å². The summed E-state index contributed by atoms with van der Waals surface area (Å²) in [5.74, 6) is -1.81. The molecule has 248 valence electrons. The average Bonchev–Trinajstić information content (AvgIpc) is 2.93. The fraction of sp³-hybridized carbons (Fsp3) is 0.944. The van der Waals surface area contributed by atoms with Crippen LogP contribution in [0.4, 0.5) is 0 Å². The molecule has 0 aromatic heterocycles. The van der Waals surface area contributed by atoms with Gasteiger partial charge in [0.2, 0.25) is 0 Å². The summed E-state index contributed by atoms with van der Waals surface area (Å²) in [5.41, 5.74) is 0. The minimum atomic E-state index is -0.903. The van der Waals surface area contributed by atoms with Gasteiger partial charge < -0.3 is 26.0 Å². The molecule has 0 aromatic rings. The molecule has 0 aromatic carbocycles. The van der Waals surface area contributed by atoms with E-state index in [2.05, 4.69) is 13.8 Å². The number of rotatable bonds is 32. The first-order chi connectivity index (χ1) is 19.5. The van der Waals surface area contributed by atoms with Gasteiger partial charge in [-0.05, 0) is 25.7 Å². The summed E-state index contributed by atoms with van der Waals surface area (Å²) < 4.78 is 0. The third kappa shape index (κ3) is 60.0. The zero-order valence-corrected chi connectivity index (χ0v) is 36.2. The second-order valence-electron chi connectivity index (χ2n) is 12.1. The Hall–Kier alpha value is 2.17. The van der Waals surface area contributed by atoms with Crippen LogP contribution in [0.15, 0.2) is 0 Å². The molecule has 0 aliphatic heterocycles. The number of hydrogen-bond donors (Lipinski definition) is 1. The van der Waals surface area contributed by atoms with E-state index in [4.69, 9.17) is 0 Å². The fourth-order valence-corrected chi connectivity index (χ4v) is 5.28. The summed E-state index contributed by atoms with van der Waals surface area (Å²) in [7, 11) is 0. The van der Waals surface area contributed by atoms with Crippen molar-refractivity contribution in [2.45, 2.75) is 219 Å². The molecule has 0 heterocycles. The maximum atomic E-state index is 10.2. The number of carbonyl (C=O) groups is 2. The van der Waals surface area contributed by atoms with Crippen molar-refractivity contribution >= 4 is 11.9 Å². The monoisotopic (exact) mass is 661 g/mol. The van der Waals surface area contributed by atoms with Gasteiger partial charge in [-0.3, -0.25) is 0 Å². The van der Waals surface area contributed by atoms with Crippen molar-refractivity contribution in [3.8, 4) is 0 Å². The normalized spacial score (nSPS) is 10.1. The second-order valence-corrected chi connectivity index (χ2v) is 12.1. The van der Waals surface area contributed by atoms with Gasteiger partial charge in [-0.25, -0.2) is 0 Å². The molecular weight excluding hydrogens is 589 g/mol. The molecule has 0 saturated heterocycles. The molecule has 0 bridgehead atoms. The molecule has 0 aliphatic carbocycles. The van der Waals surface area contributed by atoms with Crippen molar-refractivity contribution in [2.24, 2.45) is 0 Å². The molecule has 0 saturated carbocycles. The Balaban J connectivity index is -0.000000209. The summed E-state index contributed by atoms with van der Waals surface area (Å²) >= 11 is 0. The first kappa shape index (κ1) is 54.6. The molecule has 3 N–H and O–H groups in total. The van der Waals surface area contributed by atoms with Crippen molar-refractivity contribution in [3.05, 3.63) is 0 Å². The topological polar surface area (TPSA) is 115 Å². The Morgan fingerprint density at radius 3 is 0.605 bits per heavy atom. The summed E-state index contributed by atoms with van der Waals surface area (Å²) in [6, 6.07) is 0. The number of unbranched alkanes of at least 4 members (excludes halogenated alkanes) is 28. The summed E-state index contributed by atoms with van der Waals surface area (Å²) in [6.45, 7) is 4.53. The molecule has 0 rings (SSSR count). The van der Waals surface area contributed by atoms with Gasteiger partial charge >= 0.3 is 103 Å². The molecule has 0 radical (unpaired) electrons. The van der Waals surface area contributed by atoms with E-state index in [9.17, 15) is 19.8 Å². The van der Waals surface area contributed by atoms with Gasteiger partial charge in [-0.15, -0.1) is 0 Å². The Labute approximate surface area is 354 Å². The smallest absolute Gasteiger partial charge is 0.550 e. The van der Waals surface area contributed by atoms with Crippen molar-refractivity contribution in [3.63, 3.8) is 0 Å². The number of aliphatic carboxylic acids is 2. The predicted molar refractivity (Wildman–Crippen MR) is 174 cm³/mol. The summed E-state index contributed by atoms with van der Waals surface area (Å²) in [5, 5.41) is 20.4. The summed E-state index contributed by atoms with van der Waals surface area (Å²) in [4.78, 5) is 20.4. The van der Waals surface area contributed by atoms with Gasteiger partial charge in [0.1, 0.15) is 0 Å². The molecule has 5 nitrogen and oxygen atoms in total. The second kappa shape index (κ2) is 51.0. The van der Waals surface area contributed by atoms with Gasteiger partial charge in [-0.1, -0.05) is 194 Å². The molecule has 0 unspecified atom stereocenters. The van der Waals surface area contributed by atoms with Crippen LogP contribution in [-0.4, -0.2) is 11.9 Å². The van der Waals surface area contributed by atoms with Crippen molar-refractivity contribution in [1.29, 1.82) is 0 Å². The van der Waals surface area contributed by atoms with Crippen molar-refractivity contribution in [1.82, 2.24) is 6.15 Å². The van der Waals surface area contributed by atoms with E-state index in [1.165, 1.54) is 167 Å². The van der Waals surface area contributed by atoms with Crippen LogP contribution in [0.1, 0.15) is 219 Å². The van der Waals surface area contributed by atoms with Gasteiger partial charge in [0.05, 0.1) is 0 Å². The van der Waals surface area contributed by atoms with Crippen LogP contribution in [-0.2, 0) is 9.59 Å². The molecule has 0 fully saturated rings. The molecule has 0 amide bonds. The van der Waals surface area contributed by atoms with Gasteiger partial charge in [0.25, 0.3) is 0 Å². The van der Waals surface area contributed by atoms with Gasteiger partial charge in [-0.2, -0.15) is 0 Å². The predicted octanol–water partition coefficient (Wildman–Crippen LogP) is 4.17. The van der Waals surface area contributed by atoms with E-state index in [-0.39, 0.29) is 122 Å². The Bertz CT molecular complexity index is 466. The zero-order valence-electron chi connectivity index (χ0n) is 30.0. The first-order valence-corrected chi connectivity index (χ1v) is 17.9. The number of hydrogen-bond acceptors (Lipinski definition) is 5. The quantitative estimate of drug-likeness (QED) is 0.0859. The van der Waals surface area contributed by atoms with E-state index < -0.39 is 11.9 Å². The number of carboxylic acid groups (broad SMARTS) is 2. The van der Waals surface area contributed by atoms with E-state index in [0.29, 0.717) is 0 Å². The van der Waals surface area contributed by atoms with E-state index in [1.54, 1.807) is 0 Å². The molecule has 7 heteroatoms. The number of carbonyl (C=O) groups excluding carboxylic acids is 2. The average molecular weight is 662 g/mol. The Morgan fingerprint density at radius 2 is 0.465 bits per heavy atom. The van der Waals surface area contributed by atoms with Crippen LogP contribution in [0, 0.1) is 0 Å². The van der Waals surface area contributed by atoms with Crippen LogP contribution >= 0.6 is 0 Å². The minimum absolute atomic E-state index is 0. The van der Waals surface area contributed by atoms with E-state index >= 15 is 0 Å². The van der Waals surface area contributed by atoms with Crippen LogP contribution in [0.25, 0.3) is 0 Å². The standard InChI is InChI=1S/2C18H36O2.2K.H3N/c2*1-2-3-4-5-6-7-8-9-10-11-12-13-14-15-16-17-18(19)20;;;/h2*2-17H2,1H3,(H,19,20);;;1H3/q;;2*+1;/p-2. The van der Waals surface area contributed by atoms with Crippen LogP contribution < -0.4 is 119 Å². The SMILES string of the molecule is CCCCCCCCCCCCCCCCCC(=O)[O-].CCCCCCCCCCCCCCCCCC(=O)[O-].N.[K+].[K+]. The maximum absolute atomic E-state index is 10.2. The number of carboxylic acids is 2. The molecule has 0 aliphatic rings. The molecule has 0 spiro atoms. The fourth-order valence-electron chi connectivity index (χ4n) is 5.28. The molecule has 0 atom stereocenters. The van der Waals surface area contributed by atoms with Crippen LogP contribution in [0.3, 0.4) is 0 Å². The first-order valence-electron chi connectivity index (χ1n) is 17.9. The Kier molecular flexibility index (Phi) is 64.8. The van der Waals surface area contributed by atoms with Gasteiger partial charge in [0.15, 0.2) is 0 Å². The van der Waals surface area contributed by atoms with Crippen LogP contribution in [0.2, 0.25) is 0 Å². The van der Waals surface area contributed by atoms with Crippen molar-refractivity contribution in [2.75, 3.05) is 0 Å². The Morgan fingerprint density at radius 1 is 0.326 bits per heavy atom. The van der Waals surface area contributed by atoms with E-state index in [0.717, 1.165) is 25.7 Å². The van der Waals surface area contributed by atoms with Gasteiger partial charge in [0, 0.05) is 11.9 Å². The summed E-state index contributed by atoms with van der Waals surface area (Å²) in [6.07, 6.45) is 39.7. The maximum Gasteiger partial charge on any atom is 1.00 e. The minimum Gasteiger partial charge on any atom is -0.550 e.